The third kappa shape index (κ3) is 3.83. The summed E-state index contributed by atoms with van der Waals surface area (Å²) in [7, 11) is 0. The fourth-order valence-corrected chi connectivity index (χ4v) is 0.609. The SMILES string of the molecule is CCOC(=O)C(C#N)=CC(=O)C(C)O. The lowest BCUT2D eigenvalue weighted by Gasteiger charge is -2.00. The fourth-order valence-electron chi connectivity index (χ4n) is 0.609. The molecule has 0 bridgehead atoms. The molecule has 5 heteroatoms. The summed E-state index contributed by atoms with van der Waals surface area (Å²) >= 11 is 0. The Morgan fingerprint density at radius 1 is 1.64 bits per heavy atom. The summed E-state index contributed by atoms with van der Waals surface area (Å²) in [4.78, 5) is 21.9. The second-order valence-electron chi connectivity index (χ2n) is 2.47. The van der Waals surface area contributed by atoms with Crippen LogP contribution in [0.2, 0.25) is 0 Å². The number of rotatable bonds is 4. The van der Waals surface area contributed by atoms with Crippen molar-refractivity contribution >= 4 is 11.8 Å². The van der Waals surface area contributed by atoms with Crippen LogP contribution in [0.4, 0.5) is 0 Å². The number of nitriles is 1. The van der Waals surface area contributed by atoms with Crippen molar-refractivity contribution < 1.29 is 19.4 Å². The predicted octanol–water partition coefficient (Wildman–Crippen LogP) is -0.0506. The Hall–Kier alpha value is -1.67. The summed E-state index contributed by atoms with van der Waals surface area (Å²) in [5.41, 5.74) is -0.405. The molecule has 0 saturated carbocycles. The minimum Gasteiger partial charge on any atom is -0.462 e. The molecule has 0 rings (SSSR count). The van der Waals surface area contributed by atoms with Crippen LogP contribution < -0.4 is 0 Å². The molecule has 0 amide bonds. The van der Waals surface area contributed by atoms with Gasteiger partial charge in [0.15, 0.2) is 5.78 Å². The molecule has 0 heterocycles. The largest absolute Gasteiger partial charge is 0.462 e. The van der Waals surface area contributed by atoms with E-state index >= 15 is 0 Å². The van der Waals surface area contributed by atoms with E-state index in [9.17, 15) is 9.59 Å². The van der Waals surface area contributed by atoms with E-state index in [4.69, 9.17) is 10.4 Å². The van der Waals surface area contributed by atoms with Crippen LogP contribution in [-0.2, 0) is 14.3 Å². The van der Waals surface area contributed by atoms with Gasteiger partial charge in [0.25, 0.3) is 0 Å². The van der Waals surface area contributed by atoms with Crippen LogP contribution in [0.3, 0.4) is 0 Å². The first-order valence-corrected chi connectivity index (χ1v) is 4.03. The maximum Gasteiger partial charge on any atom is 0.349 e. The number of aliphatic hydroxyl groups is 1. The lowest BCUT2D eigenvalue weighted by molar-refractivity contribution is -0.138. The highest BCUT2D eigenvalue weighted by molar-refractivity contribution is 6.03. The number of nitrogens with zero attached hydrogens (tertiary/aromatic N) is 1. The zero-order valence-electron chi connectivity index (χ0n) is 7.98. The highest BCUT2D eigenvalue weighted by Gasteiger charge is 2.14. The lowest BCUT2D eigenvalue weighted by Crippen LogP contribution is -2.16. The van der Waals surface area contributed by atoms with Gasteiger partial charge in [-0.3, -0.25) is 4.79 Å². The summed E-state index contributed by atoms with van der Waals surface area (Å²) in [6.07, 6.45) is -0.448. The third-order valence-corrected chi connectivity index (χ3v) is 1.31. The van der Waals surface area contributed by atoms with Crippen LogP contribution in [0.15, 0.2) is 11.6 Å². The molecular weight excluding hydrogens is 186 g/mol. The number of aliphatic hydroxyl groups excluding tert-OH is 1. The fraction of sp³-hybridized carbons (Fsp3) is 0.444. The number of ether oxygens (including phenoxy) is 1. The van der Waals surface area contributed by atoms with Gasteiger partial charge in [-0.05, 0) is 13.8 Å². The van der Waals surface area contributed by atoms with Gasteiger partial charge >= 0.3 is 5.97 Å². The molecule has 0 aromatic rings. The van der Waals surface area contributed by atoms with Crippen molar-refractivity contribution in [3.05, 3.63) is 11.6 Å². The standard InChI is InChI=1S/C9H11NO4/c1-3-14-9(13)7(5-10)4-8(12)6(2)11/h4,6,11H,3H2,1-2H3. The van der Waals surface area contributed by atoms with E-state index in [1.807, 2.05) is 0 Å². The van der Waals surface area contributed by atoms with E-state index in [1.54, 1.807) is 6.92 Å². The van der Waals surface area contributed by atoms with E-state index in [0.29, 0.717) is 0 Å². The van der Waals surface area contributed by atoms with E-state index in [2.05, 4.69) is 4.74 Å². The second-order valence-corrected chi connectivity index (χ2v) is 2.47. The third-order valence-electron chi connectivity index (χ3n) is 1.31. The van der Waals surface area contributed by atoms with E-state index in [1.165, 1.54) is 13.0 Å². The van der Waals surface area contributed by atoms with Gasteiger partial charge < -0.3 is 9.84 Å². The Morgan fingerprint density at radius 2 is 2.21 bits per heavy atom. The van der Waals surface area contributed by atoms with E-state index in [-0.39, 0.29) is 6.61 Å². The molecule has 76 valence electrons. The van der Waals surface area contributed by atoms with Crippen molar-refractivity contribution in [1.82, 2.24) is 0 Å². The molecule has 0 fully saturated rings. The first kappa shape index (κ1) is 12.3. The maximum absolute atomic E-state index is 11.0. The van der Waals surface area contributed by atoms with Crippen LogP contribution in [0.25, 0.3) is 0 Å². The van der Waals surface area contributed by atoms with Crippen LogP contribution in [0.5, 0.6) is 0 Å². The average Bonchev–Trinajstić information content (AvgIpc) is 2.13. The highest BCUT2D eigenvalue weighted by Crippen LogP contribution is 1.98. The Bertz CT molecular complexity index is 298. The normalized spacial score (nSPS) is 12.9. The summed E-state index contributed by atoms with van der Waals surface area (Å²) in [6, 6.07) is 1.53. The molecule has 0 saturated heterocycles. The molecule has 0 aromatic heterocycles. The van der Waals surface area contributed by atoms with E-state index in [0.717, 1.165) is 6.08 Å². The first-order chi connectivity index (χ1) is 6.52. The zero-order valence-corrected chi connectivity index (χ0v) is 7.98. The van der Waals surface area contributed by atoms with Crippen molar-refractivity contribution in [1.29, 1.82) is 5.26 Å². The molecule has 0 radical (unpaired) electrons. The summed E-state index contributed by atoms with van der Waals surface area (Å²) in [6.45, 7) is 2.96. The number of ketones is 1. The van der Waals surface area contributed by atoms with Crippen molar-refractivity contribution in [3.63, 3.8) is 0 Å². The van der Waals surface area contributed by atoms with Crippen LogP contribution in [-0.4, -0.2) is 29.6 Å². The molecule has 1 atom stereocenters. The average molecular weight is 197 g/mol. The number of hydrogen-bond donors (Lipinski definition) is 1. The summed E-state index contributed by atoms with van der Waals surface area (Å²) in [5, 5.41) is 17.3. The molecule has 5 nitrogen and oxygen atoms in total. The smallest absolute Gasteiger partial charge is 0.349 e. The zero-order chi connectivity index (χ0) is 11.1. The second kappa shape index (κ2) is 5.89. The van der Waals surface area contributed by atoms with Crippen molar-refractivity contribution in [3.8, 4) is 6.07 Å². The van der Waals surface area contributed by atoms with Gasteiger partial charge in [-0.2, -0.15) is 5.26 Å². The number of carbonyl (C=O) groups excluding carboxylic acids is 2. The Balaban J connectivity index is 4.66. The van der Waals surface area contributed by atoms with E-state index < -0.39 is 23.4 Å². The molecule has 1 unspecified atom stereocenters. The number of esters is 1. The van der Waals surface area contributed by atoms with Crippen molar-refractivity contribution in [2.24, 2.45) is 0 Å². The van der Waals surface area contributed by atoms with Gasteiger partial charge in [0, 0.05) is 6.08 Å². The Labute approximate surface area is 81.6 Å². The lowest BCUT2D eigenvalue weighted by atomic mass is 10.2. The van der Waals surface area contributed by atoms with Crippen LogP contribution in [0, 0.1) is 11.3 Å². The monoisotopic (exact) mass is 197 g/mol. The minimum absolute atomic E-state index is 0.126. The molecule has 0 aliphatic rings. The van der Waals surface area contributed by atoms with Crippen LogP contribution in [0.1, 0.15) is 13.8 Å². The van der Waals surface area contributed by atoms with Gasteiger partial charge in [0.1, 0.15) is 17.7 Å². The van der Waals surface area contributed by atoms with Crippen molar-refractivity contribution in [2.45, 2.75) is 20.0 Å². The van der Waals surface area contributed by atoms with Gasteiger partial charge in [0.05, 0.1) is 6.61 Å². The van der Waals surface area contributed by atoms with Gasteiger partial charge in [-0.25, -0.2) is 4.79 Å². The Morgan fingerprint density at radius 3 is 2.57 bits per heavy atom. The van der Waals surface area contributed by atoms with Gasteiger partial charge in [-0.1, -0.05) is 0 Å². The summed E-state index contributed by atoms with van der Waals surface area (Å²) < 4.78 is 4.51. The van der Waals surface area contributed by atoms with Gasteiger partial charge in [-0.15, -0.1) is 0 Å². The quantitative estimate of drug-likeness (QED) is 0.388. The van der Waals surface area contributed by atoms with Crippen molar-refractivity contribution in [2.75, 3.05) is 6.61 Å². The molecular formula is C9H11NO4. The number of hydrogen-bond acceptors (Lipinski definition) is 5. The maximum atomic E-state index is 11.0. The topological polar surface area (TPSA) is 87.4 Å². The summed E-state index contributed by atoms with van der Waals surface area (Å²) in [5.74, 6) is -1.56. The molecule has 0 aliphatic carbocycles. The predicted molar refractivity (Wildman–Crippen MR) is 47.0 cm³/mol. The molecule has 1 N–H and O–H groups in total. The first-order valence-electron chi connectivity index (χ1n) is 4.03. The Kier molecular flexibility index (Phi) is 5.19. The van der Waals surface area contributed by atoms with Crippen LogP contribution >= 0.6 is 0 Å². The molecule has 14 heavy (non-hydrogen) atoms. The molecule has 0 spiro atoms. The number of carbonyl (C=O) groups is 2. The van der Waals surface area contributed by atoms with Gasteiger partial charge in [0.2, 0.25) is 0 Å². The molecule has 0 aliphatic heterocycles. The highest BCUT2D eigenvalue weighted by atomic mass is 16.5. The minimum atomic E-state index is -1.23. The molecule has 0 aromatic carbocycles.